The molecule has 5 nitrogen and oxygen atoms in total. The SMILES string of the molecule is C[C@@H](NC(=O)N1CCO[C@@H](CO)C1)c1ccc(Br)cc1. The number of aliphatic hydroxyl groups is 1. The molecule has 1 aromatic carbocycles. The van der Waals surface area contributed by atoms with Crippen LogP contribution in [0, 0.1) is 0 Å². The van der Waals surface area contributed by atoms with Crippen LogP contribution in [0.1, 0.15) is 18.5 Å². The molecular weight excluding hydrogens is 324 g/mol. The van der Waals surface area contributed by atoms with Gasteiger partial charge in [0.05, 0.1) is 31.9 Å². The lowest BCUT2D eigenvalue weighted by molar-refractivity contribution is -0.0404. The van der Waals surface area contributed by atoms with Crippen LogP contribution in [0.4, 0.5) is 4.79 Å². The van der Waals surface area contributed by atoms with Gasteiger partial charge in [-0.15, -0.1) is 0 Å². The van der Waals surface area contributed by atoms with Gasteiger partial charge >= 0.3 is 6.03 Å². The molecule has 20 heavy (non-hydrogen) atoms. The number of hydrogen-bond acceptors (Lipinski definition) is 3. The molecule has 0 bridgehead atoms. The van der Waals surface area contributed by atoms with Crippen LogP contribution in [-0.4, -0.2) is 48.4 Å². The smallest absolute Gasteiger partial charge is 0.318 e. The second-order valence-corrected chi connectivity index (χ2v) is 5.76. The van der Waals surface area contributed by atoms with Crippen LogP contribution in [0.3, 0.4) is 0 Å². The van der Waals surface area contributed by atoms with Crippen molar-refractivity contribution in [1.29, 1.82) is 0 Å². The molecule has 0 saturated carbocycles. The lowest BCUT2D eigenvalue weighted by Gasteiger charge is -2.33. The van der Waals surface area contributed by atoms with Crippen molar-refractivity contribution in [3.8, 4) is 0 Å². The molecule has 110 valence electrons. The first-order chi connectivity index (χ1) is 9.60. The van der Waals surface area contributed by atoms with Crippen molar-refractivity contribution in [3.05, 3.63) is 34.3 Å². The Morgan fingerprint density at radius 1 is 1.55 bits per heavy atom. The van der Waals surface area contributed by atoms with Gasteiger partial charge in [0.1, 0.15) is 0 Å². The molecule has 1 heterocycles. The van der Waals surface area contributed by atoms with E-state index in [1.807, 2.05) is 31.2 Å². The molecule has 0 spiro atoms. The Hall–Kier alpha value is -1.11. The fourth-order valence-corrected chi connectivity index (χ4v) is 2.39. The van der Waals surface area contributed by atoms with Crippen LogP contribution < -0.4 is 5.32 Å². The molecule has 1 aliphatic rings. The van der Waals surface area contributed by atoms with Crippen LogP contribution >= 0.6 is 15.9 Å². The number of amides is 2. The van der Waals surface area contributed by atoms with Gasteiger partial charge in [-0.1, -0.05) is 28.1 Å². The highest BCUT2D eigenvalue weighted by atomic mass is 79.9. The van der Waals surface area contributed by atoms with Crippen LogP contribution in [0.2, 0.25) is 0 Å². The molecule has 2 atom stereocenters. The van der Waals surface area contributed by atoms with E-state index in [1.54, 1.807) is 4.90 Å². The number of hydrogen-bond donors (Lipinski definition) is 2. The number of halogens is 1. The molecule has 0 aromatic heterocycles. The van der Waals surface area contributed by atoms with Crippen molar-refractivity contribution in [2.45, 2.75) is 19.1 Å². The minimum absolute atomic E-state index is 0.0634. The summed E-state index contributed by atoms with van der Waals surface area (Å²) in [7, 11) is 0. The first-order valence-corrected chi connectivity index (χ1v) is 7.43. The molecular formula is C14H19BrN2O3. The standard InChI is InChI=1S/C14H19BrN2O3/c1-10(11-2-4-12(15)5-3-11)16-14(19)17-6-7-20-13(8-17)9-18/h2-5,10,13,18H,6-9H2,1H3,(H,16,19)/t10-,13-/m1/s1. The van der Waals surface area contributed by atoms with Crippen molar-refractivity contribution in [1.82, 2.24) is 10.2 Å². The van der Waals surface area contributed by atoms with E-state index < -0.39 is 0 Å². The van der Waals surface area contributed by atoms with E-state index in [-0.39, 0.29) is 24.8 Å². The Morgan fingerprint density at radius 3 is 2.90 bits per heavy atom. The Morgan fingerprint density at radius 2 is 2.25 bits per heavy atom. The van der Waals surface area contributed by atoms with E-state index in [1.165, 1.54) is 0 Å². The third kappa shape index (κ3) is 3.94. The van der Waals surface area contributed by atoms with E-state index in [0.29, 0.717) is 19.7 Å². The summed E-state index contributed by atoms with van der Waals surface area (Å²) in [6, 6.07) is 7.67. The van der Waals surface area contributed by atoms with Crippen molar-refractivity contribution in [3.63, 3.8) is 0 Å². The van der Waals surface area contributed by atoms with Gasteiger partial charge in [-0.2, -0.15) is 0 Å². The van der Waals surface area contributed by atoms with E-state index in [4.69, 9.17) is 9.84 Å². The number of aliphatic hydroxyl groups excluding tert-OH is 1. The third-order valence-electron chi connectivity index (χ3n) is 3.34. The molecule has 2 rings (SSSR count). The Bertz CT molecular complexity index is 452. The predicted octanol–water partition coefficient (Wildman–Crippen LogP) is 1.91. The molecule has 0 radical (unpaired) electrons. The van der Waals surface area contributed by atoms with E-state index in [0.717, 1.165) is 10.0 Å². The number of rotatable bonds is 3. The van der Waals surface area contributed by atoms with E-state index in [9.17, 15) is 4.79 Å². The van der Waals surface area contributed by atoms with Gasteiger partial charge in [0.2, 0.25) is 0 Å². The van der Waals surface area contributed by atoms with Crippen molar-refractivity contribution in [2.75, 3.05) is 26.3 Å². The number of carbonyl (C=O) groups excluding carboxylic acids is 1. The second kappa shape index (κ2) is 7.06. The highest BCUT2D eigenvalue weighted by molar-refractivity contribution is 9.10. The fourth-order valence-electron chi connectivity index (χ4n) is 2.13. The largest absolute Gasteiger partial charge is 0.394 e. The molecule has 0 unspecified atom stereocenters. The van der Waals surface area contributed by atoms with Gasteiger partial charge in [0.15, 0.2) is 0 Å². The second-order valence-electron chi connectivity index (χ2n) is 4.84. The third-order valence-corrected chi connectivity index (χ3v) is 3.87. The first-order valence-electron chi connectivity index (χ1n) is 6.63. The summed E-state index contributed by atoms with van der Waals surface area (Å²) >= 11 is 3.39. The van der Waals surface area contributed by atoms with Crippen molar-refractivity contribution < 1.29 is 14.6 Å². The van der Waals surface area contributed by atoms with Crippen molar-refractivity contribution >= 4 is 22.0 Å². The van der Waals surface area contributed by atoms with Gasteiger partial charge < -0.3 is 20.1 Å². The molecule has 2 amide bonds. The normalized spacial score (nSPS) is 20.6. The fraction of sp³-hybridized carbons (Fsp3) is 0.500. The van der Waals surface area contributed by atoms with Gasteiger partial charge in [0.25, 0.3) is 0 Å². The molecule has 1 aliphatic heterocycles. The molecule has 1 saturated heterocycles. The Labute approximate surface area is 127 Å². The first kappa shape index (κ1) is 15.3. The van der Waals surface area contributed by atoms with Crippen LogP contribution in [0.5, 0.6) is 0 Å². The van der Waals surface area contributed by atoms with Gasteiger partial charge in [-0.25, -0.2) is 4.79 Å². The zero-order valence-electron chi connectivity index (χ0n) is 11.4. The Balaban J connectivity index is 1.91. The van der Waals surface area contributed by atoms with Gasteiger partial charge in [0, 0.05) is 11.0 Å². The van der Waals surface area contributed by atoms with Crippen molar-refractivity contribution in [2.24, 2.45) is 0 Å². The van der Waals surface area contributed by atoms with E-state index in [2.05, 4.69) is 21.2 Å². The zero-order valence-corrected chi connectivity index (χ0v) is 13.0. The van der Waals surface area contributed by atoms with Gasteiger partial charge in [-0.3, -0.25) is 0 Å². The molecule has 1 fully saturated rings. The number of morpholine rings is 1. The summed E-state index contributed by atoms with van der Waals surface area (Å²) in [4.78, 5) is 13.9. The lowest BCUT2D eigenvalue weighted by atomic mass is 10.1. The molecule has 6 heteroatoms. The quantitative estimate of drug-likeness (QED) is 0.881. The zero-order chi connectivity index (χ0) is 14.5. The van der Waals surface area contributed by atoms with Crippen LogP contribution in [0.25, 0.3) is 0 Å². The topological polar surface area (TPSA) is 61.8 Å². The molecule has 0 aliphatic carbocycles. The average molecular weight is 343 g/mol. The summed E-state index contributed by atoms with van der Waals surface area (Å²) in [5, 5.41) is 12.1. The molecule has 1 aromatic rings. The summed E-state index contributed by atoms with van der Waals surface area (Å²) in [5.74, 6) is 0. The predicted molar refractivity (Wildman–Crippen MR) is 79.5 cm³/mol. The highest BCUT2D eigenvalue weighted by Gasteiger charge is 2.24. The highest BCUT2D eigenvalue weighted by Crippen LogP contribution is 2.17. The van der Waals surface area contributed by atoms with E-state index >= 15 is 0 Å². The summed E-state index contributed by atoms with van der Waals surface area (Å²) in [6.07, 6.45) is -0.280. The summed E-state index contributed by atoms with van der Waals surface area (Å²) < 4.78 is 6.35. The summed E-state index contributed by atoms with van der Waals surface area (Å²) in [5.41, 5.74) is 1.05. The number of benzene rings is 1. The maximum Gasteiger partial charge on any atom is 0.318 e. The Kier molecular flexibility index (Phi) is 5.39. The average Bonchev–Trinajstić information content (AvgIpc) is 2.47. The number of nitrogens with one attached hydrogen (secondary N) is 1. The number of nitrogens with zero attached hydrogens (tertiary/aromatic N) is 1. The molecule has 2 N–H and O–H groups in total. The minimum atomic E-state index is -0.280. The number of urea groups is 1. The monoisotopic (exact) mass is 342 g/mol. The van der Waals surface area contributed by atoms with Crippen LogP contribution in [-0.2, 0) is 4.74 Å². The number of carbonyl (C=O) groups is 1. The van der Waals surface area contributed by atoms with Crippen LogP contribution in [0.15, 0.2) is 28.7 Å². The maximum atomic E-state index is 12.2. The summed E-state index contributed by atoms with van der Waals surface area (Å²) in [6.45, 7) is 3.33. The lowest BCUT2D eigenvalue weighted by Crippen LogP contribution is -2.50. The van der Waals surface area contributed by atoms with Gasteiger partial charge in [-0.05, 0) is 24.6 Å². The minimum Gasteiger partial charge on any atom is -0.394 e. The number of ether oxygens (including phenoxy) is 1. The maximum absolute atomic E-state index is 12.2.